The van der Waals surface area contributed by atoms with Gasteiger partial charge in [0.15, 0.2) is 0 Å². The number of benzene rings is 1. The van der Waals surface area contributed by atoms with Crippen LogP contribution in [0.5, 0.6) is 0 Å². The summed E-state index contributed by atoms with van der Waals surface area (Å²) in [6.45, 7) is 4.77. The number of allylic oxidation sites excluding steroid dienone is 1. The van der Waals surface area contributed by atoms with Crippen LogP contribution in [-0.2, 0) is 0 Å². The molecule has 0 bridgehead atoms. The van der Waals surface area contributed by atoms with E-state index in [0.29, 0.717) is 29.0 Å². The summed E-state index contributed by atoms with van der Waals surface area (Å²) in [6, 6.07) is 5.81. The molecule has 1 aromatic rings. The summed E-state index contributed by atoms with van der Waals surface area (Å²) in [5, 5.41) is 32.5. The van der Waals surface area contributed by atoms with Crippen molar-refractivity contribution in [2.45, 2.75) is 89.1 Å². The summed E-state index contributed by atoms with van der Waals surface area (Å²) in [4.78, 5) is 5.01. The van der Waals surface area contributed by atoms with Crippen LogP contribution in [0.3, 0.4) is 0 Å². The van der Waals surface area contributed by atoms with E-state index < -0.39 is 17.7 Å². The molecule has 0 unspecified atom stereocenters. The van der Waals surface area contributed by atoms with Crippen molar-refractivity contribution in [2.75, 3.05) is 0 Å². The van der Waals surface area contributed by atoms with Gasteiger partial charge in [0.05, 0.1) is 17.4 Å². The van der Waals surface area contributed by atoms with Crippen molar-refractivity contribution >= 4 is 5.71 Å². The molecule has 0 aromatic heterocycles. The van der Waals surface area contributed by atoms with Crippen LogP contribution in [0.2, 0.25) is 0 Å². The van der Waals surface area contributed by atoms with Crippen molar-refractivity contribution < 1.29 is 19.7 Å². The van der Waals surface area contributed by atoms with Crippen molar-refractivity contribution in [1.29, 1.82) is 0 Å². The minimum Gasteiger partial charge on any atom is -0.393 e. The Morgan fingerprint density at radius 1 is 1.00 bits per heavy atom. The molecule has 0 saturated heterocycles. The van der Waals surface area contributed by atoms with Crippen molar-refractivity contribution in [3.05, 3.63) is 47.3 Å². The summed E-state index contributed by atoms with van der Waals surface area (Å²) in [6.07, 6.45) is 8.51. The molecular formula is C28H36FNO3. The van der Waals surface area contributed by atoms with E-state index in [1.807, 2.05) is 0 Å². The number of halogens is 1. The average Bonchev–Trinajstić information content (AvgIpc) is 3.12. The van der Waals surface area contributed by atoms with Gasteiger partial charge in [-0.25, -0.2) is 4.39 Å². The van der Waals surface area contributed by atoms with Crippen molar-refractivity contribution in [1.82, 2.24) is 0 Å². The van der Waals surface area contributed by atoms with E-state index in [0.717, 1.165) is 51.4 Å². The highest BCUT2D eigenvalue weighted by molar-refractivity contribution is 5.99. The maximum Gasteiger partial charge on any atom is 0.123 e. The number of rotatable bonds is 2. The zero-order chi connectivity index (χ0) is 23.2. The van der Waals surface area contributed by atoms with Crippen molar-refractivity contribution in [2.24, 2.45) is 33.6 Å². The van der Waals surface area contributed by atoms with Gasteiger partial charge in [-0.2, -0.15) is 0 Å². The number of aliphatic imine (C=N–C) groups is 1. The summed E-state index contributed by atoms with van der Waals surface area (Å²) in [7, 11) is 0. The molecule has 33 heavy (non-hydrogen) atoms. The van der Waals surface area contributed by atoms with Gasteiger partial charge in [-0.15, -0.1) is 0 Å². The highest BCUT2D eigenvalue weighted by Crippen LogP contribution is 2.70. The van der Waals surface area contributed by atoms with Gasteiger partial charge in [0.1, 0.15) is 18.0 Å². The second kappa shape index (κ2) is 7.22. The fourth-order valence-electron chi connectivity index (χ4n) is 8.88. The van der Waals surface area contributed by atoms with Gasteiger partial charge in [-0.1, -0.05) is 37.6 Å². The van der Waals surface area contributed by atoms with Crippen LogP contribution in [-0.4, -0.2) is 38.8 Å². The molecule has 0 amide bonds. The first-order valence-corrected chi connectivity index (χ1v) is 12.8. The zero-order valence-corrected chi connectivity index (χ0v) is 19.7. The molecule has 5 aliphatic rings. The molecule has 5 heteroatoms. The van der Waals surface area contributed by atoms with E-state index in [1.165, 1.54) is 17.7 Å². The molecule has 1 spiro atoms. The first-order valence-electron chi connectivity index (χ1n) is 12.8. The number of hydrogen-bond donors (Lipinski definition) is 3. The molecule has 6 rings (SSSR count). The van der Waals surface area contributed by atoms with Crippen LogP contribution in [0, 0.1) is 34.4 Å². The molecule has 1 aromatic carbocycles. The Morgan fingerprint density at radius 2 is 1.73 bits per heavy atom. The van der Waals surface area contributed by atoms with Gasteiger partial charge in [0.2, 0.25) is 0 Å². The summed E-state index contributed by atoms with van der Waals surface area (Å²) in [5.74, 6) is 1.41. The summed E-state index contributed by atoms with van der Waals surface area (Å²) in [5.41, 5.74) is 2.10. The maximum atomic E-state index is 13.3. The summed E-state index contributed by atoms with van der Waals surface area (Å²) >= 11 is 0. The first kappa shape index (κ1) is 21.9. The number of aliphatic hydroxyl groups is 3. The molecule has 1 aliphatic heterocycles. The van der Waals surface area contributed by atoms with Crippen LogP contribution < -0.4 is 0 Å². The van der Waals surface area contributed by atoms with Crippen LogP contribution in [0.15, 0.2) is 40.9 Å². The minimum atomic E-state index is -0.988. The number of nitrogens with zero attached hydrogens (tertiary/aromatic N) is 1. The molecule has 178 valence electrons. The lowest BCUT2D eigenvalue weighted by atomic mass is 9.45. The van der Waals surface area contributed by atoms with Crippen LogP contribution in [0.1, 0.15) is 76.9 Å². The predicted octanol–water partition coefficient (Wildman–Crippen LogP) is 4.74. The standard InChI is InChI=1S/C28H36FNO3/c1-26-12-9-19(31)15-17(26)5-8-20-21(26)10-13-27(2)22(20)11-14-28(27)25(33)23(30-28)24(32)16-3-6-18(29)7-4-16/h3-7,19-22,24-25,31-33H,8-15H2,1-2H3/t19-,20+,21-,22-,24+,25+,26-,27-,28-/m0/s1. The van der Waals surface area contributed by atoms with Gasteiger partial charge < -0.3 is 15.3 Å². The third kappa shape index (κ3) is 2.82. The quantitative estimate of drug-likeness (QED) is 0.567. The van der Waals surface area contributed by atoms with Crippen LogP contribution >= 0.6 is 0 Å². The third-order valence-electron chi connectivity index (χ3n) is 10.8. The Morgan fingerprint density at radius 3 is 2.45 bits per heavy atom. The predicted molar refractivity (Wildman–Crippen MR) is 125 cm³/mol. The van der Waals surface area contributed by atoms with Gasteiger partial charge >= 0.3 is 0 Å². The van der Waals surface area contributed by atoms with Crippen molar-refractivity contribution in [3.8, 4) is 0 Å². The van der Waals surface area contributed by atoms with E-state index in [4.69, 9.17) is 4.99 Å². The molecule has 9 atom stereocenters. The topological polar surface area (TPSA) is 73.1 Å². The SMILES string of the molecule is C[C@]12CC[C@H](O)CC1=CC[C@@H]1[C@@H]2CC[C@@]2(C)[C@H]1CC[C@@]21N=C([C@H](O)c2ccc(F)cc2)[C@H]1O. The fourth-order valence-corrected chi connectivity index (χ4v) is 8.88. The fraction of sp³-hybridized carbons (Fsp3) is 0.679. The molecule has 4 nitrogen and oxygen atoms in total. The number of aliphatic hydroxyl groups excluding tert-OH is 3. The Balaban J connectivity index is 1.29. The first-order chi connectivity index (χ1) is 15.7. The third-order valence-corrected chi connectivity index (χ3v) is 10.8. The molecule has 4 aliphatic carbocycles. The average molecular weight is 454 g/mol. The highest BCUT2D eigenvalue weighted by Gasteiger charge is 2.70. The van der Waals surface area contributed by atoms with Gasteiger partial charge in [-0.3, -0.25) is 4.99 Å². The number of fused-ring (bicyclic) bond motifs is 6. The minimum absolute atomic E-state index is 0.0739. The van der Waals surface area contributed by atoms with Crippen LogP contribution in [0.4, 0.5) is 4.39 Å². The van der Waals surface area contributed by atoms with E-state index in [2.05, 4.69) is 19.9 Å². The molecule has 3 saturated carbocycles. The lowest BCUT2D eigenvalue weighted by molar-refractivity contribution is -0.0791. The monoisotopic (exact) mass is 453 g/mol. The number of hydrogen-bond acceptors (Lipinski definition) is 4. The normalized spacial score (nSPS) is 47.0. The highest BCUT2D eigenvalue weighted by atomic mass is 19.1. The Bertz CT molecular complexity index is 1020. The molecular weight excluding hydrogens is 417 g/mol. The maximum absolute atomic E-state index is 13.3. The molecule has 0 radical (unpaired) electrons. The molecule has 3 fully saturated rings. The molecule has 3 N–H and O–H groups in total. The van der Waals surface area contributed by atoms with E-state index in [1.54, 1.807) is 12.1 Å². The lowest BCUT2D eigenvalue weighted by Gasteiger charge is -2.61. The Kier molecular flexibility index (Phi) is 4.80. The van der Waals surface area contributed by atoms with Crippen molar-refractivity contribution in [3.63, 3.8) is 0 Å². The van der Waals surface area contributed by atoms with E-state index in [-0.39, 0.29) is 22.8 Å². The van der Waals surface area contributed by atoms with E-state index >= 15 is 0 Å². The second-order valence-corrected chi connectivity index (χ2v) is 12.0. The largest absolute Gasteiger partial charge is 0.393 e. The lowest BCUT2D eigenvalue weighted by Crippen LogP contribution is -2.65. The van der Waals surface area contributed by atoms with Gasteiger partial charge in [-0.05, 0) is 97.6 Å². The Labute approximate surface area is 195 Å². The Hall–Kier alpha value is -1.56. The summed E-state index contributed by atoms with van der Waals surface area (Å²) < 4.78 is 13.3. The van der Waals surface area contributed by atoms with Crippen LogP contribution in [0.25, 0.3) is 0 Å². The van der Waals surface area contributed by atoms with Gasteiger partial charge in [0.25, 0.3) is 0 Å². The van der Waals surface area contributed by atoms with E-state index in [9.17, 15) is 19.7 Å². The van der Waals surface area contributed by atoms with Gasteiger partial charge in [0, 0.05) is 0 Å². The smallest absolute Gasteiger partial charge is 0.123 e. The second-order valence-electron chi connectivity index (χ2n) is 12.0. The molecule has 1 heterocycles. The zero-order valence-electron chi connectivity index (χ0n) is 19.7.